The fourth-order valence-electron chi connectivity index (χ4n) is 3.61. The molecule has 16 heteroatoms. The first kappa shape index (κ1) is 26.4. The molecule has 0 saturated carbocycles. The number of carboxylic acid groups (broad SMARTS) is 2. The van der Waals surface area contributed by atoms with Crippen molar-refractivity contribution in [1.82, 2.24) is 15.2 Å². The summed E-state index contributed by atoms with van der Waals surface area (Å²) >= 11 is 8.28. The number of nitrogens with one attached hydrogen (secondary N) is 1. The number of aromatic nitrogens is 2. The number of halogens is 1. The van der Waals surface area contributed by atoms with Crippen molar-refractivity contribution in [1.29, 1.82) is 0 Å². The molecule has 0 bridgehead atoms. The van der Waals surface area contributed by atoms with Gasteiger partial charge in [-0.3, -0.25) is 14.5 Å². The molecule has 37 heavy (non-hydrogen) atoms. The zero-order chi connectivity index (χ0) is 26.9. The first-order chi connectivity index (χ1) is 17.6. The van der Waals surface area contributed by atoms with Gasteiger partial charge in [-0.1, -0.05) is 34.2 Å². The number of aliphatic carboxylic acids is 2. The Morgan fingerprint density at radius 3 is 2.65 bits per heavy atom. The summed E-state index contributed by atoms with van der Waals surface area (Å²) in [4.78, 5) is 59.3. The van der Waals surface area contributed by atoms with Crippen LogP contribution in [0.3, 0.4) is 0 Å². The van der Waals surface area contributed by atoms with Crippen LogP contribution in [0, 0.1) is 0 Å². The Morgan fingerprint density at radius 2 is 2.05 bits per heavy atom. The second-order valence-corrected chi connectivity index (χ2v) is 10.6. The van der Waals surface area contributed by atoms with Crippen LogP contribution in [0.25, 0.3) is 0 Å². The Bertz CT molecular complexity index is 1330. The fourth-order valence-corrected chi connectivity index (χ4v) is 5.87. The zero-order valence-electron chi connectivity index (χ0n) is 19.0. The van der Waals surface area contributed by atoms with Crippen molar-refractivity contribution in [3.05, 3.63) is 51.9 Å². The summed E-state index contributed by atoms with van der Waals surface area (Å²) in [5, 5.41) is 24.4. The number of carbonyl (C=O) groups is 4. The van der Waals surface area contributed by atoms with E-state index in [0.717, 1.165) is 16.2 Å². The maximum atomic E-state index is 13.1. The van der Waals surface area contributed by atoms with Crippen molar-refractivity contribution in [2.75, 3.05) is 11.5 Å². The Morgan fingerprint density at radius 1 is 1.35 bits per heavy atom. The van der Waals surface area contributed by atoms with E-state index in [0.29, 0.717) is 11.3 Å². The first-order valence-corrected chi connectivity index (χ1v) is 12.9. The number of nitrogen functional groups attached to an aromatic ring is 1. The zero-order valence-corrected chi connectivity index (χ0v) is 21.4. The molecule has 194 valence electrons. The van der Waals surface area contributed by atoms with Gasteiger partial charge in [0.1, 0.15) is 27.1 Å². The van der Waals surface area contributed by atoms with E-state index in [1.807, 2.05) is 18.2 Å². The molecule has 2 aromatic heterocycles. The summed E-state index contributed by atoms with van der Waals surface area (Å²) in [7, 11) is 0. The molecule has 5 N–H and O–H groups in total. The van der Waals surface area contributed by atoms with Gasteiger partial charge >= 0.3 is 11.9 Å². The van der Waals surface area contributed by atoms with E-state index < -0.39 is 47.0 Å². The van der Waals surface area contributed by atoms with Crippen LogP contribution >= 0.6 is 34.7 Å². The highest BCUT2D eigenvalue weighted by Crippen LogP contribution is 2.40. The van der Waals surface area contributed by atoms with Gasteiger partial charge in [-0.25, -0.2) is 19.1 Å². The Balaban J connectivity index is 1.56. The molecule has 2 aromatic rings. The fraction of sp³-hybridized carbons (Fsp3) is 0.286. The van der Waals surface area contributed by atoms with Crippen molar-refractivity contribution in [3.8, 4) is 0 Å². The lowest BCUT2D eigenvalue weighted by atomic mass is 10.0. The quantitative estimate of drug-likeness (QED) is 0.142. The number of hydrogen-bond acceptors (Lipinski definition) is 10. The minimum Gasteiger partial charge on any atom is -0.478 e. The van der Waals surface area contributed by atoms with Gasteiger partial charge in [0.15, 0.2) is 29.8 Å². The van der Waals surface area contributed by atoms with Crippen LogP contribution in [0.5, 0.6) is 0 Å². The maximum absolute atomic E-state index is 13.1. The Kier molecular flexibility index (Phi) is 7.65. The van der Waals surface area contributed by atoms with Gasteiger partial charge in [-0.15, -0.1) is 11.8 Å². The lowest BCUT2D eigenvalue weighted by Crippen LogP contribution is -2.71. The number of nitrogens with two attached hydrogens (primary N) is 1. The van der Waals surface area contributed by atoms with Gasteiger partial charge in [-0.2, -0.15) is 0 Å². The number of β-lactam (4-membered cyclic amide) rings is 1. The average Bonchev–Trinajstić information content (AvgIpc) is 3.19. The molecule has 0 radical (unpaired) electrons. The molecule has 1 saturated heterocycles. The monoisotopic (exact) mass is 567 g/mol. The van der Waals surface area contributed by atoms with E-state index in [-0.39, 0.29) is 27.4 Å². The number of anilines is 1. The topological polar surface area (TPSA) is 188 Å². The number of fused-ring (bicyclic) bond motifs is 1. The minimum atomic E-state index is -1.39. The first-order valence-electron chi connectivity index (χ1n) is 10.6. The summed E-state index contributed by atoms with van der Waals surface area (Å²) in [6, 6.07) is 4.37. The van der Waals surface area contributed by atoms with Crippen LogP contribution in [0.4, 0.5) is 5.13 Å². The molecule has 0 aromatic carbocycles. The number of pyridine rings is 1. The van der Waals surface area contributed by atoms with Crippen molar-refractivity contribution in [2.24, 2.45) is 5.16 Å². The SMILES string of the molecule is C[C@H](O/N=C(\C(=O)NC1C(=O)N2C(C(=O)O)=C(C[n+]3ccccc3)CSC12)c1nc(N)sc1Cl)C(=O)O. The highest BCUT2D eigenvalue weighted by Gasteiger charge is 2.55. The maximum Gasteiger partial charge on any atom is 0.352 e. The van der Waals surface area contributed by atoms with Crippen molar-refractivity contribution < 1.29 is 38.8 Å². The second-order valence-electron chi connectivity index (χ2n) is 7.87. The summed E-state index contributed by atoms with van der Waals surface area (Å²) < 4.78 is 1.80. The van der Waals surface area contributed by atoms with Gasteiger partial charge < -0.3 is 26.1 Å². The summed E-state index contributed by atoms with van der Waals surface area (Å²) in [5.74, 6) is -3.80. The van der Waals surface area contributed by atoms with Crippen molar-refractivity contribution in [3.63, 3.8) is 0 Å². The van der Waals surface area contributed by atoms with Gasteiger partial charge in [0.05, 0.1) is 0 Å². The van der Waals surface area contributed by atoms with Crippen LogP contribution in [0.1, 0.15) is 12.6 Å². The van der Waals surface area contributed by atoms with Gasteiger partial charge in [0.2, 0.25) is 6.10 Å². The molecule has 2 aliphatic rings. The van der Waals surface area contributed by atoms with Gasteiger partial charge in [-0.05, 0) is 6.92 Å². The summed E-state index contributed by atoms with van der Waals surface area (Å²) in [6.07, 6.45) is 2.18. The molecule has 1 fully saturated rings. The summed E-state index contributed by atoms with van der Waals surface area (Å²) in [5.41, 5.74) is 5.45. The lowest BCUT2D eigenvalue weighted by molar-refractivity contribution is -0.689. The highest BCUT2D eigenvalue weighted by atomic mass is 35.5. The van der Waals surface area contributed by atoms with Crippen molar-refractivity contribution in [2.45, 2.75) is 31.0 Å². The van der Waals surface area contributed by atoms with Crippen LogP contribution in [-0.4, -0.2) is 72.8 Å². The van der Waals surface area contributed by atoms with E-state index in [9.17, 15) is 24.3 Å². The standard InChI is InChI=1S/C21H19ClN6O7S2/c1-9(19(31)32)35-26-12(11-15(22)37-21(23)25-11)16(29)24-13-17(30)28-14(20(33)34)10(8-36-18(13)28)7-27-5-3-2-4-6-27/h2-6,9,13,18H,7-8H2,1H3,(H4-,23,24,25,29,31,32,33,34)/p+1/b26-12-/t9-,13?,18?/m0/s1. The molecule has 0 aliphatic carbocycles. The van der Waals surface area contributed by atoms with Crippen LogP contribution < -0.4 is 15.6 Å². The molecular weight excluding hydrogens is 548 g/mol. The number of carbonyl (C=O) groups excluding carboxylic acids is 2. The number of thioether (sulfide) groups is 1. The normalized spacial score (nSPS) is 20.1. The van der Waals surface area contributed by atoms with Gasteiger partial charge in [0.25, 0.3) is 11.8 Å². The van der Waals surface area contributed by atoms with Gasteiger partial charge in [0, 0.05) is 23.5 Å². The van der Waals surface area contributed by atoms with Crippen LogP contribution in [-0.2, 0) is 30.6 Å². The number of carboxylic acids is 2. The molecule has 4 rings (SSSR count). The summed E-state index contributed by atoms with van der Waals surface area (Å²) in [6.45, 7) is 1.48. The molecule has 2 amide bonds. The minimum absolute atomic E-state index is 0.00531. The largest absolute Gasteiger partial charge is 0.478 e. The molecule has 0 spiro atoms. The average molecular weight is 568 g/mol. The molecule has 3 atom stereocenters. The molecule has 13 nitrogen and oxygen atoms in total. The van der Waals surface area contributed by atoms with Crippen LogP contribution in [0.2, 0.25) is 4.34 Å². The Hall–Kier alpha value is -3.69. The molecule has 2 unspecified atom stereocenters. The van der Waals surface area contributed by atoms with E-state index >= 15 is 0 Å². The number of nitrogens with zero attached hydrogens (tertiary/aromatic N) is 4. The molecule has 2 aliphatic heterocycles. The number of thiazole rings is 1. The van der Waals surface area contributed by atoms with E-state index in [2.05, 4.69) is 15.5 Å². The highest BCUT2D eigenvalue weighted by molar-refractivity contribution is 8.00. The molecular formula is C21H20ClN6O7S2+. The number of oxime groups is 1. The predicted octanol–water partition coefficient (Wildman–Crippen LogP) is 0.299. The number of amides is 2. The van der Waals surface area contributed by atoms with E-state index in [1.165, 1.54) is 18.7 Å². The Labute approximate surface area is 222 Å². The predicted molar refractivity (Wildman–Crippen MR) is 133 cm³/mol. The third kappa shape index (κ3) is 5.38. The second kappa shape index (κ2) is 10.7. The number of rotatable bonds is 9. The third-order valence-electron chi connectivity index (χ3n) is 5.38. The number of hydrogen-bond donors (Lipinski definition) is 4. The van der Waals surface area contributed by atoms with E-state index in [1.54, 1.807) is 17.0 Å². The van der Waals surface area contributed by atoms with Crippen molar-refractivity contribution >= 4 is 69.3 Å². The van der Waals surface area contributed by atoms with E-state index in [4.69, 9.17) is 27.3 Å². The molecule has 4 heterocycles. The lowest BCUT2D eigenvalue weighted by Gasteiger charge is -2.49. The smallest absolute Gasteiger partial charge is 0.352 e. The third-order valence-corrected chi connectivity index (χ3v) is 7.80. The van der Waals surface area contributed by atoms with Crippen LogP contribution in [0.15, 0.2) is 47.0 Å².